The SMILES string of the molecule is COc1cccc(-c2[nH]c(-c3ccnc(N)n3)cc2C(N)=O)c1F.Cl. The standard InChI is InChI=1S/C16H14FN5O2.ClH/c1-24-12-4-2-3-8(13(12)17)14-9(15(18)23)7-11(21-14)10-5-6-20-16(19)22-10;/h2-7,21H,1H3,(H2,18,23)(H2,19,20,22);1H. The van der Waals surface area contributed by atoms with E-state index in [0.717, 1.165) is 0 Å². The zero-order valence-electron chi connectivity index (χ0n) is 13.1. The fourth-order valence-corrected chi connectivity index (χ4v) is 2.38. The summed E-state index contributed by atoms with van der Waals surface area (Å²) in [5, 5.41) is 0. The Kier molecular flexibility index (Phi) is 5.23. The highest BCUT2D eigenvalue weighted by Crippen LogP contribution is 2.33. The molecule has 0 fully saturated rings. The lowest BCUT2D eigenvalue weighted by atomic mass is 10.1. The number of rotatable bonds is 4. The first-order valence-corrected chi connectivity index (χ1v) is 6.96. The van der Waals surface area contributed by atoms with E-state index in [1.807, 2.05) is 0 Å². The molecule has 7 nitrogen and oxygen atoms in total. The van der Waals surface area contributed by atoms with Crippen LogP contribution >= 0.6 is 12.4 Å². The van der Waals surface area contributed by atoms with E-state index in [2.05, 4.69) is 15.0 Å². The highest BCUT2D eigenvalue weighted by molar-refractivity contribution is 6.00. The Hall–Kier alpha value is -3.13. The van der Waals surface area contributed by atoms with E-state index in [1.165, 1.54) is 31.5 Å². The van der Waals surface area contributed by atoms with Gasteiger partial charge in [0.15, 0.2) is 11.6 Å². The Bertz CT molecular complexity index is 929. The minimum Gasteiger partial charge on any atom is -0.494 e. The van der Waals surface area contributed by atoms with Gasteiger partial charge in [0.1, 0.15) is 0 Å². The molecule has 0 radical (unpaired) electrons. The number of aromatic nitrogens is 3. The van der Waals surface area contributed by atoms with Gasteiger partial charge in [-0.25, -0.2) is 14.4 Å². The summed E-state index contributed by atoms with van der Waals surface area (Å²) in [6.07, 6.45) is 1.48. The van der Waals surface area contributed by atoms with Crippen LogP contribution in [0, 0.1) is 5.82 Å². The highest BCUT2D eigenvalue weighted by Gasteiger charge is 2.20. The molecule has 25 heavy (non-hydrogen) atoms. The quantitative estimate of drug-likeness (QED) is 0.657. The summed E-state index contributed by atoms with van der Waals surface area (Å²) in [4.78, 5) is 22.6. The van der Waals surface area contributed by atoms with Crippen LogP contribution in [0.5, 0.6) is 5.75 Å². The Morgan fingerprint density at radius 3 is 2.72 bits per heavy atom. The van der Waals surface area contributed by atoms with Crippen molar-refractivity contribution in [3.05, 3.63) is 47.9 Å². The third kappa shape index (κ3) is 3.38. The Labute approximate surface area is 148 Å². The number of nitrogen functional groups attached to an aromatic ring is 1. The number of halogens is 2. The van der Waals surface area contributed by atoms with Crippen LogP contribution in [-0.2, 0) is 0 Å². The highest BCUT2D eigenvalue weighted by atomic mass is 35.5. The zero-order valence-corrected chi connectivity index (χ0v) is 13.9. The molecule has 2 aromatic heterocycles. The van der Waals surface area contributed by atoms with E-state index < -0.39 is 11.7 Å². The molecule has 3 rings (SSSR count). The molecule has 0 aliphatic rings. The summed E-state index contributed by atoms with van der Waals surface area (Å²) in [5.74, 6) is -1.16. The summed E-state index contributed by atoms with van der Waals surface area (Å²) in [6, 6.07) is 7.73. The fourth-order valence-electron chi connectivity index (χ4n) is 2.38. The predicted octanol–water partition coefficient (Wildman–Crippen LogP) is 2.39. The molecule has 0 bridgehead atoms. The number of methoxy groups -OCH3 is 1. The number of carbonyl (C=O) groups is 1. The number of H-pyrrole nitrogens is 1. The van der Waals surface area contributed by atoms with Gasteiger partial charge in [0, 0.05) is 11.8 Å². The van der Waals surface area contributed by atoms with Crippen molar-refractivity contribution in [2.75, 3.05) is 12.8 Å². The van der Waals surface area contributed by atoms with E-state index in [9.17, 15) is 9.18 Å². The van der Waals surface area contributed by atoms with E-state index in [0.29, 0.717) is 11.4 Å². The molecule has 2 heterocycles. The number of hydrogen-bond donors (Lipinski definition) is 3. The van der Waals surface area contributed by atoms with Crippen LogP contribution in [0.2, 0.25) is 0 Å². The van der Waals surface area contributed by atoms with E-state index in [-0.39, 0.29) is 40.9 Å². The summed E-state index contributed by atoms with van der Waals surface area (Å²) in [6.45, 7) is 0. The summed E-state index contributed by atoms with van der Waals surface area (Å²) in [5.41, 5.74) is 12.5. The first-order chi connectivity index (χ1) is 11.5. The first kappa shape index (κ1) is 18.2. The number of primary amides is 1. The predicted molar refractivity (Wildman–Crippen MR) is 93.9 cm³/mol. The van der Waals surface area contributed by atoms with Gasteiger partial charge in [0.05, 0.1) is 29.8 Å². The summed E-state index contributed by atoms with van der Waals surface area (Å²) < 4.78 is 19.5. The molecule has 0 atom stereocenters. The maximum Gasteiger partial charge on any atom is 0.250 e. The minimum atomic E-state index is -0.697. The smallest absolute Gasteiger partial charge is 0.250 e. The maximum absolute atomic E-state index is 14.5. The van der Waals surface area contributed by atoms with E-state index in [1.54, 1.807) is 12.1 Å². The molecule has 0 unspecified atom stereocenters. The van der Waals surface area contributed by atoms with Crippen LogP contribution < -0.4 is 16.2 Å². The van der Waals surface area contributed by atoms with Gasteiger partial charge >= 0.3 is 0 Å². The molecule has 0 saturated heterocycles. The van der Waals surface area contributed by atoms with Crippen molar-refractivity contribution >= 4 is 24.3 Å². The van der Waals surface area contributed by atoms with Gasteiger partial charge in [0.2, 0.25) is 5.95 Å². The molecule has 130 valence electrons. The van der Waals surface area contributed by atoms with Crippen LogP contribution in [0.1, 0.15) is 10.4 Å². The molecule has 0 spiro atoms. The average Bonchev–Trinajstić information content (AvgIpc) is 3.00. The molecule has 1 amide bonds. The Balaban J connectivity index is 0.00000225. The normalized spacial score (nSPS) is 10.2. The number of nitrogens with zero attached hydrogens (tertiary/aromatic N) is 2. The van der Waals surface area contributed by atoms with Crippen molar-refractivity contribution in [3.8, 4) is 28.4 Å². The lowest BCUT2D eigenvalue weighted by Gasteiger charge is -2.07. The van der Waals surface area contributed by atoms with Crippen molar-refractivity contribution in [2.45, 2.75) is 0 Å². The second-order valence-corrected chi connectivity index (χ2v) is 4.96. The number of nitrogens with two attached hydrogens (primary N) is 2. The van der Waals surface area contributed by atoms with Crippen LogP contribution in [0.4, 0.5) is 10.3 Å². The number of ether oxygens (including phenoxy) is 1. The average molecular weight is 364 g/mol. The van der Waals surface area contributed by atoms with Gasteiger partial charge in [0.25, 0.3) is 5.91 Å². The topological polar surface area (TPSA) is 120 Å². The summed E-state index contributed by atoms with van der Waals surface area (Å²) in [7, 11) is 1.36. The molecule has 0 saturated carbocycles. The van der Waals surface area contributed by atoms with Crippen molar-refractivity contribution in [1.29, 1.82) is 0 Å². The zero-order chi connectivity index (χ0) is 17.3. The van der Waals surface area contributed by atoms with Crippen molar-refractivity contribution in [2.24, 2.45) is 5.73 Å². The van der Waals surface area contributed by atoms with Crippen LogP contribution in [0.15, 0.2) is 36.5 Å². The molecule has 5 N–H and O–H groups in total. The first-order valence-electron chi connectivity index (χ1n) is 6.96. The monoisotopic (exact) mass is 363 g/mol. The molecule has 3 aromatic rings. The maximum atomic E-state index is 14.5. The molecule has 1 aromatic carbocycles. The van der Waals surface area contributed by atoms with E-state index >= 15 is 0 Å². The Morgan fingerprint density at radius 2 is 2.08 bits per heavy atom. The second kappa shape index (κ2) is 7.18. The third-order valence-electron chi connectivity index (χ3n) is 3.49. The number of amides is 1. The number of anilines is 1. The lowest BCUT2D eigenvalue weighted by molar-refractivity contribution is 0.100. The molecule has 9 heteroatoms. The minimum absolute atomic E-state index is 0. The number of hydrogen-bond acceptors (Lipinski definition) is 5. The van der Waals surface area contributed by atoms with Gasteiger partial charge in [-0.2, -0.15) is 0 Å². The number of benzene rings is 1. The van der Waals surface area contributed by atoms with Crippen LogP contribution in [-0.4, -0.2) is 28.0 Å². The number of aromatic amines is 1. The van der Waals surface area contributed by atoms with Crippen LogP contribution in [0.25, 0.3) is 22.6 Å². The van der Waals surface area contributed by atoms with Crippen molar-refractivity contribution < 1.29 is 13.9 Å². The molecular weight excluding hydrogens is 349 g/mol. The fraction of sp³-hybridized carbons (Fsp3) is 0.0625. The van der Waals surface area contributed by atoms with Gasteiger partial charge in [-0.15, -0.1) is 12.4 Å². The van der Waals surface area contributed by atoms with Gasteiger partial charge in [-0.1, -0.05) is 6.07 Å². The van der Waals surface area contributed by atoms with Gasteiger partial charge in [-0.05, 0) is 24.3 Å². The molecule has 0 aliphatic heterocycles. The van der Waals surface area contributed by atoms with Crippen molar-refractivity contribution in [1.82, 2.24) is 15.0 Å². The van der Waals surface area contributed by atoms with Gasteiger partial charge in [-0.3, -0.25) is 4.79 Å². The summed E-state index contributed by atoms with van der Waals surface area (Å²) >= 11 is 0. The third-order valence-corrected chi connectivity index (χ3v) is 3.49. The Morgan fingerprint density at radius 1 is 1.32 bits per heavy atom. The molecular formula is C16H15ClFN5O2. The van der Waals surface area contributed by atoms with Gasteiger partial charge < -0.3 is 21.2 Å². The number of nitrogens with one attached hydrogen (secondary N) is 1. The van der Waals surface area contributed by atoms with Crippen LogP contribution in [0.3, 0.4) is 0 Å². The number of carbonyl (C=O) groups excluding carboxylic acids is 1. The largest absolute Gasteiger partial charge is 0.494 e. The van der Waals surface area contributed by atoms with Crippen molar-refractivity contribution in [3.63, 3.8) is 0 Å². The lowest BCUT2D eigenvalue weighted by Crippen LogP contribution is -2.11. The second-order valence-electron chi connectivity index (χ2n) is 4.96. The molecule has 0 aliphatic carbocycles. The van der Waals surface area contributed by atoms with E-state index in [4.69, 9.17) is 16.2 Å².